The van der Waals surface area contributed by atoms with Crippen LogP contribution in [0.15, 0.2) is 6.07 Å². The van der Waals surface area contributed by atoms with E-state index in [1.54, 1.807) is 6.07 Å². The van der Waals surface area contributed by atoms with Gasteiger partial charge in [0.2, 0.25) is 0 Å². The van der Waals surface area contributed by atoms with Crippen LogP contribution in [0.3, 0.4) is 0 Å². The summed E-state index contributed by atoms with van der Waals surface area (Å²) in [6.07, 6.45) is -0.714. The lowest BCUT2D eigenvalue weighted by Crippen LogP contribution is -2.35. The summed E-state index contributed by atoms with van der Waals surface area (Å²) in [5.74, 6) is 0.122. The minimum absolute atomic E-state index is 0.0876. The first kappa shape index (κ1) is 17.7. The van der Waals surface area contributed by atoms with Crippen molar-refractivity contribution in [3.05, 3.63) is 17.5 Å². The van der Waals surface area contributed by atoms with Crippen LogP contribution in [0.4, 0.5) is 0 Å². The highest BCUT2D eigenvalue weighted by atomic mass is 16.5. The summed E-state index contributed by atoms with van der Waals surface area (Å²) < 4.78 is 5.32. The molecule has 0 spiro atoms. The van der Waals surface area contributed by atoms with Gasteiger partial charge in [0.15, 0.2) is 0 Å². The molecule has 6 heteroatoms. The van der Waals surface area contributed by atoms with Gasteiger partial charge in [-0.3, -0.25) is 9.89 Å². The van der Waals surface area contributed by atoms with Crippen LogP contribution in [0.5, 0.6) is 0 Å². The Morgan fingerprint density at radius 2 is 2.10 bits per heavy atom. The zero-order valence-corrected chi connectivity index (χ0v) is 13.6. The molecule has 0 aliphatic heterocycles. The zero-order valence-electron chi connectivity index (χ0n) is 13.6. The predicted molar refractivity (Wildman–Crippen MR) is 81.3 cm³/mol. The lowest BCUT2D eigenvalue weighted by atomic mass is 9.92. The molecule has 1 aromatic rings. The van der Waals surface area contributed by atoms with Crippen LogP contribution in [-0.2, 0) is 10.2 Å². The van der Waals surface area contributed by atoms with E-state index in [4.69, 9.17) is 4.74 Å². The van der Waals surface area contributed by atoms with Gasteiger partial charge >= 0.3 is 0 Å². The largest absolute Gasteiger partial charge is 0.389 e. The van der Waals surface area contributed by atoms with Crippen molar-refractivity contribution in [2.45, 2.75) is 46.1 Å². The first-order valence-corrected chi connectivity index (χ1v) is 7.30. The van der Waals surface area contributed by atoms with E-state index in [1.165, 1.54) is 0 Å². The number of aromatic amines is 1. The number of carbonyl (C=O) groups is 1. The number of amides is 1. The molecule has 21 heavy (non-hydrogen) atoms. The maximum Gasteiger partial charge on any atom is 0.271 e. The van der Waals surface area contributed by atoms with Crippen molar-refractivity contribution in [3.63, 3.8) is 0 Å². The Bertz CT molecular complexity index is 449. The smallest absolute Gasteiger partial charge is 0.271 e. The van der Waals surface area contributed by atoms with Gasteiger partial charge in [-0.25, -0.2) is 0 Å². The number of nitrogens with one attached hydrogen (secondary N) is 2. The first-order valence-electron chi connectivity index (χ1n) is 7.30. The predicted octanol–water partition coefficient (Wildman–Crippen LogP) is 1.47. The van der Waals surface area contributed by atoms with Crippen molar-refractivity contribution in [2.24, 2.45) is 5.92 Å². The Morgan fingerprint density at radius 3 is 2.62 bits per heavy atom. The monoisotopic (exact) mass is 297 g/mol. The van der Waals surface area contributed by atoms with E-state index in [0.29, 0.717) is 18.2 Å². The molecule has 0 saturated carbocycles. The maximum atomic E-state index is 11.9. The molecule has 0 radical (unpaired) electrons. The molecular formula is C15H27N3O3. The quantitative estimate of drug-likeness (QED) is 0.711. The number of H-pyrrole nitrogens is 1. The van der Waals surface area contributed by atoms with Gasteiger partial charge in [-0.15, -0.1) is 0 Å². The number of carbonyl (C=O) groups excluding carboxylic acids is 1. The number of hydrogen-bond acceptors (Lipinski definition) is 4. The van der Waals surface area contributed by atoms with Crippen LogP contribution in [0, 0.1) is 5.92 Å². The van der Waals surface area contributed by atoms with Crippen LogP contribution < -0.4 is 5.32 Å². The van der Waals surface area contributed by atoms with Crippen molar-refractivity contribution < 1.29 is 14.6 Å². The third kappa shape index (κ3) is 6.27. The number of nitrogens with zero attached hydrogens (tertiary/aromatic N) is 1. The van der Waals surface area contributed by atoms with Gasteiger partial charge < -0.3 is 15.2 Å². The van der Waals surface area contributed by atoms with Gasteiger partial charge in [0.1, 0.15) is 5.69 Å². The Kier molecular flexibility index (Phi) is 6.36. The number of hydrogen-bond donors (Lipinski definition) is 3. The number of aliphatic hydroxyl groups excluding tert-OH is 1. The van der Waals surface area contributed by atoms with Crippen molar-refractivity contribution in [2.75, 3.05) is 19.8 Å². The van der Waals surface area contributed by atoms with Gasteiger partial charge in [0, 0.05) is 24.3 Å². The molecule has 6 nitrogen and oxygen atoms in total. The number of aliphatic hydroxyl groups is 1. The number of ether oxygens (including phenoxy) is 1. The third-order valence-corrected chi connectivity index (χ3v) is 2.88. The van der Waals surface area contributed by atoms with E-state index in [1.807, 2.05) is 34.6 Å². The van der Waals surface area contributed by atoms with E-state index in [2.05, 4.69) is 15.5 Å². The summed E-state index contributed by atoms with van der Waals surface area (Å²) in [5, 5.41) is 19.2. The zero-order chi connectivity index (χ0) is 16.0. The summed E-state index contributed by atoms with van der Waals surface area (Å²) in [7, 11) is 0. The van der Waals surface area contributed by atoms with Crippen molar-refractivity contribution in [1.29, 1.82) is 0 Å². The summed E-state index contributed by atoms with van der Waals surface area (Å²) >= 11 is 0. The van der Waals surface area contributed by atoms with Gasteiger partial charge in [-0.1, -0.05) is 34.6 Å². The summed E-state index contributed by atoms with van der Waals surface area (Å²) in [6.45, 7) is 11.2. The molecule has 0 aromatic carbocycles. The second kappa shape index (κ2) is 7.56. The molecule has 120 valence electrons. The maximum absolute atomic E-state index is 11.9. The van der Waals surface area contributed by atoms with Crippen molar-refractivity contribution in [1.82, 2.24) is 15.5 Å². The van der Waals surface area contributed by atoms with Crippen LogP contribution in [-0.4, -0.2) is 47.1 Å². The van der Waals surface area contributed by atoms with E-state index < -0.39 is 6.10 Å². The topological polar surface area (TPSA) is 87.2 Å². The number of aromatic nitrogens is 2. The molecule has 1 heterocycles. The highest BCUT2D eigenvalue weighted by Gasteiger charge is 2.19. The SMILES string of the molecule is CC(C)COCC(O)CNC(=O)c1cc(C(C)(C)C)[nH]n1. The molecule has 3 N–H and O–H groups in total. The van der Waals surface area contributed by atoms with Crippen molar-refractivity contribution >= 4 is 5.91 Å². The molecule has 0 bridgehead atoms. The average molecular weight is 297 g/mol. The average Bonchev–Trinajstić information content (AvgIpc) is 2.84. The highest BCUT2D eigenvalue weighted by molar-refractivity contribution is 5.92. The van der Waals surface area contributed by atoms with Crippen molar-refractivity contribution in [3.8, 4) is 0 Å². The van der Waals surface area contributed by atoms with Gasteiger partial charge in [-0.2, -0.15) is 5.10 Å². The van der Waals surface area contributed by atoms with E-state index in [-0.39, 0.29) is 24.5 Å². The minimum atomic E-state index is -0.714. The highest BCUT2D eigenvalue weighted by Crippen LogP contribution is 2.20. The normalized spacial score (nSPS) is 13.5. The first-order chi connectivity index (χ1) is 9.70. The van der Waals surface area contributed by atoms with E-state index in [9.17, 15) is 9.90 Å². The molecule has 0 aliphatic rings. The van der Waals surface area contributed by atoms with Crippen LogP contribution in [0.1, 0.15) is 50.8 Å². The Morgan fingerprint density at radius 1 is 1.43 bits per heavy atom. The molecule has 1 atom stereocenters. The van der Waals surface area contributed by atoms with E-state index in [0.717, 1.165) is 5.69 Å². The Hall–Kier alpha value is -1.40. The molecule has 1 aromatic heterocycles. The third-order valence-electron chi connectivity index (χ3n) is 2.88. The minimum Gasteiger partial charge on any atom is -0.389 e. The fraction of sp³-hybridized carbons (Fsp3) is 0.733. The fourth-order valence-corrected chi connectivity index (χ4v) is 1.62. The van der Waals surface area contributed by atoms with E-state index >= 15 is 0 Å². The van der Waals surface area contributed by atoms with Crippen LogP contribution >= 0.6 is 0 Å². The summed E-state index contributed by atoms with van der Waals surface area (Å²) in [5.41, 5.74) is 1.14. The van der Waals surface area contributed by atoms with Crippen LogP contribution in [0.25, 0.3) is 0 Å². The van der Waals surface area contributed by atoms with Gasteiger partial charge in [-0.05, 0) is 12.0 Å². The molecule has 0 fully saturated rings. The Balaban J connectivity index is 2.38. The Labute approximate surface area is 126 Å². The molecule has 0 saturated heterocycles. The second-order valence-corrected chi connectivity index (χ2v) is 6.71. The van der Waals surface area contributed by atoms with Gasteiger partial charge in [0.25, 0.3) is 5.91 Å². The molecule has 1 amide bonds. The van der Waals surface area contributed by atoms with Crippen LogP contribution in [0.2, 0.25) is 0 Å². The molecule has 1 rings (SSSR count). The lowest BCUT2D eigenvalue weighted by Gasteiger charge is -2.14. The second-order valence-electron chi connectivity index (χ2n) is 6.71. The fourth-order valence-electron chi connectivity index (χ4n) is 1.62. The molecular weight excluding hydrogens is 270 g/mol. The molecule has 0 aliphatic carbocycles. The number of rotatable bonds is 7. The lowest BCUT2D eigenvalue weighted by molar-refractivity contribution is 0.0259. The summed E-state index contributed by atoms with van der Waals surface area (Å²) in [4.78, 5) is 11.9. The molecule has 1 unspecified atom stereocenters. The standard InChI is InChI=1S/C15H27N3O3/c1-10(2)8-21-9-11(19)7-16-14(20)12-6-13(18-17-12)15(3,4)5/h6,10-11,19H,7-9H2,1-5H3,(H,16,20)(H,17,18). The summed E-state index contributed by atoms with van der Waals surface area (Å²) in [6, 6.07) is 1.73. The van der Waals surface area contributed by atoms with Gasteiger partial charge in [0.05, 0.1) is 12.7 Å².